The van der Waals surface area contributed by atoms with E-state index < -0.39 is 0 Å². The van der Waals surface area contributed by atoms with Gasteiger partial charge >= 0.3 is 0 Å². The Bertz CT molecular complexity index is 529. The predicted octanol–water partition coefficient (Wildman–Crippen LogP) is 3.90. The number of hydrogen-bond donors (Lipinski definition) is 1. The van der Waals surface area contributed by atoms with Crippen molar-refractivity contribution >= 4 is 28.9 Å². The molecule has 3 nitrogen and oxygen atoms in total. The second kappa shape index (κ2) is 5.63. The van der Waals surface area contributed by atoms with E-state index in [0.717, 1.165) is 23.4 Å². The zero-order valence-electron chi connectivity index (χ0n) is 10.4. The quantitative estimate of drug-likeness (QED) is 0.922. The molecule has 18 heavy (non-hydrogen) atoms. The molecule has 0 spiro atoms. The van der Waals surface area contributed by atoms with Crippen molar-refractivity contribution in [2.75, 3.05) is 5.32 Å². The monoisotopic (exact) mass is 283 g/mol. The summed E-state index contributed by atoms with van der Waals surface area (Å²) in [5.41, 5.74) is 3.02. The minimum absolute atomic E-state index is 0.629. The van der Waals surface area contributed by atoms with Crippen LogP contribution in [-0.2, 0) is 20.0 Å². The number of rotatable bonds is 4. The highest BCUT2D eigenvalue weighted by atomic mass is 35.5. The summed E-state index contributed by atoms with van der Waals surface area (Å²) in [4.78, 5) is 0. The molecule has 5 heteroatoms. The van der Waals surface area contributed by atoms with E-state index in [2.05, 4.69) is 17.3 Å². The lowest BCUT2D eigenvalue weighted by Gasteiger charge is -2.09. The van der Waals surface area contributed by atoms with Gasteiger partial charge in [-0.3, -0.25) is 4.68 Å². The third-order valence-corrected chi connectivity index (χ3v) is 3.37. The summed E-state index contributed by atoms with van der Waals surface area (Å²) < 4.78 is 1.82. The maximum Gasteiger partial charge on any atom is 0.0721 e. The Balaban J connectivity index is 2.16. The summed E-state index contributed by atoms with van der Waals surface area (Å²) in [6, 6.07) is 5.47. The molecule has 0 fully saturated rings. The first-order valence-electron chi connectivity index (χ1n) is 5.81. The zero-order chi connectivity index (χ0) is 13.1. The molecule has 1 heterocycles. The summed E-state index contributed by atoms with van der Waals surface area (Å²) in [7, 11) is 1.92. The van der Waals surface area contributed by atoms with Gasteiger partial charge in [0.15, 0.2) is 0 Å². The summed E-state index contributed by atoms with van der Waals surface area (Å²) in [6.07, 6.45) is 2.92. The van der Waals surface area contributed by atoms with Crippen molar-refractivity contribution in [3.05, 3.63) is 45.7 Å². The Morgan fingerprint density at radius 1 is 1.28 bits per heavy atom. The summed E-state index contributed by atoms with van der Waals surface area (Å²) in [6.45, 7) is 2.76. The van der Waals surface area contributed by atoms with Gasteiger partial charge in [0.05, 0.1) is 21.4 Å². The topological polar surface area (TPSA) is 29.9 Å². The number of anilines is 1. The third kappa shape index (κ3) is 2.79. The van der Waals surface area contributed by atoms with Crippen molar-refractivity contribution < 1.29 is 0 Å². The van der Waals surface area contributed by atoms with Crippen molar-refractivity contribution in [1.82, 2.24) is 9.78 Å². The molecule has 0 radical (unpaired) electrons. The average Bonchev–Trinajstić information content (AvgIpc) is 2.69. The number of hydrogen-bond acceptors (Lipinski definition) is 2. The smallest absolute Gasteiger partial charge is 0.0721 e. The van der Waals surface area contributed by atoms with Gasteiger partial charge in [-0.2, -0.15) is 5.10 Å². The summed E-state index contributed by atoms with van der Waals surface area (Å²) in [5.74, 6) is 0. The Labute approximate surface area is 117 Å². The number of halogens is 2. The molecule has 0 aliphatic heterocycles. The van der Waals surface area contributed by atoms with E-state index in [1.165, 1.54) is 0 Å². The van der Waals surface area contributed by atoms with Crippen molar-refractivity contribution in [2.24, 2.45) is 7.05 Å². The molecule has 0 bridgehead atoms. The van der Waals surface area contributed by atoms with Gasteiger partial charge in [0, 0.05) is 25.4 Å². The molecular formula is C13H15Cl2N3. The maximum atomic E-state index is 6.11. The molecule has 1 aromatic heterocycles. The van der Waals surface area contributed by atoms with Crippen LogP contribution in [-0.4, -0.2) is 9.78 Å². The first kappa shape index (κ1) is 13.2. The number of benzene rings is 1. The molecular weight excluding hydrogens is 269 g/mol. The minimum Gasteiger partial charge on any atom is -0.378 e. The van der Waals surface area contributed by atoms with E-state index in [-0.39, 0.29) is 0 Å². The predicted molar refractivity (Wildman–Crippen MR) is 76.4 cm³/mol. The molecule has 2 rings (SSSR count). The lowest BCUT2D eigenvalue weighted by molar-refractivity contribution is 0.746. The zero-order valence-corrected chi connectivity index (χ0v) is 11.9. The fourth-order valence-electron chi connectivity index (χ4n) is 1.88. The van der Waals surface area contributed by atoms with Gasteiger partial charge in [-0.15, -0.1) is 0 Å². The molecule has 96 valence electrons. The second-order valence-corrected chi connectivity index (χ2v) is 4.89. The molecule has 0 saturated heterocycles. The van der Waals surface area contributed by atoms with E-state index in [1.807, 2.05) is 36.1 Å². The number of nitrogens with zero attached hydrogens (tertiary/aromatic N) is 2. The molecule has 0 amide bonds. The Morgan fingerprint density at radius 2 is 1.94 bits per heavy atom. The van der Waals surface area contributed by atoms with Crippen LogP contribution in [0.3, 0.4) is 0 Å². The van der Waals surface area contributed by atoms with E-state index in [4.69, 9.17) is 23.2 Å². The average molecular weight is 284 g/mol. The van der Waals surface area contributed by atoms with Crippen molar-refractivity contribution in [1.29, 1.82) is 0 Å². The van der Waals surface area contributed by atoms with Crippen LogP contribution in [0.25, 0.3) is 0 Å². The normalized spacial score (nSPS) is 10.7. The van der Waals surface area contributed by atoms with Gasteiger partial charge in [-0.1, -0.05) is 36.2 Å². The fraction of sp³-hybridized carbons (Fsp3) is 0.308. The van der Waals surface area contributed by atoms with Crippen LogP contribution in [0.4, 0.5) is 5.69 Å². The van der Waals surface area contributed by atoms with Gasteiger partial charge < -0.3 is 5.32 Å². The highest BCUT2D eigenvalue weighted by molar-refractivity contribution is 6.39. The highest BCUT2D eigenvalue weighted by Crippen LogP contribution is 2.30. The van der Waals surface area contributed by atoms with E-state index in [0.29, 0.717) is 16.6 Å². The van der Waals surface area contributed by atoms with Crippen LogP contribution in [0, 0.1) is 0 Å². The molecule has 0 aliphatic carbocycles. The molecule has 0 unspecified atom stereocenters. The number of para-hydroxylation sites is 1. The second-order valence-electron chi connectivity index (χ2n) is 4.08. The van der Waals surface area contributed by atoms with Crippen molar-refractivity contribution in [3.63, 3.8) is 0 Å². The summed E-state index contributed by atoms with van der Waals surface area (Å²) in [5, 5.41) is 8.92. The largest absolute Gasteiger partial charge is 0.378 e. The fourth-order valence-corrected chi connectivity index (χ4v) is 2.41. The third-order valence-electron chi connectivity index (χ3n) is 2.75. The van der Waals surface area contributed by atoms with Gasteiger partial charge in [-0.05, 0) is 18.6 Å². The van der Waals surface area contributed by atoms with Crippen LogP contribution >= 0.6 is 23.2 Å². The molecule has 1 N–H and O–H groups in total. The van der Waals surface area contributed by atoms with Crippen LogP contribution < -0.4 is 5.32 Å². The lowest BCUT2D eigenvalue weighted by Crippen LogP contribution is -2.02. The van der Waals surface area contributed by atoms with Gasteiger partial charge in [0.2, 0.25) is 0 Å². The van der Waals surface area contributed by atoms with Crippen LogP contribution in [0.1, 0.15) is 18.2 Å². The van der Waals surface area contributed by atoms with Crippen LogP contribution in [0.15, 0.2) is 24.4 Å². The number of nitrogens with one attached hydrogen (secondary N) is 1. The SMILES string of the molecule is CCc1nn(C)cc1CNc1c(Cl)cccc1Cl. The molecule has 0 aliphatic rings. The Hall–Kier alpha value is -1.19. The summed E-state index contributed by atoms with van der Waals surface area (Å²) >= 11 is 12.2. The van der Waals surface area contributed by atoms with Crippen LogP contribution in [0.5, 0.6) is 0 Å². The first-order valence-corrected chi connectivity index (χ1v) is 6.56. The first-order chi connectivity index (χ1) is 8.61. The maximum absolute atomic E-state index is 6.11. The highest BCUT2D eigenvalue weighted by Gasteiger charge is 2.08. The molecule has 0 saturated carbocycles. The lowest BCUT2D eigenvalue weighted by atomic mass is 10.2. The van der Waals surface area contributed by atoms with Crippen LogP contribution in [0.2, 0.25) is 10.0 Å². The number of aryl methyl sites for hydroxylation is 2. The van der Waals surface area contributed by atoms with Crippen molar-refractivity contribution in [2.45, 2.75) is 19.9 Å². The van der Waals surface area contributed by atoms with E-state index in [1.54, 1.807) is 0 Å². The molecule has 0 atom stereocenters. The van der Waals surface area contributed by atoms with Gasteiger partial charge in [-0.25, -0.2) is 0 Å². The van der Waals surface area contributed by atoms with Gasteiger partial charge in [0.25, 0.3) is 0 Å². The van der Waals surface area contributed by atoms with E-state index >= 15 is 0 Å². The van der Waals surface area contributed by atoms with Crippen molar-refractivity contribution in [3.8, 4) is 0 Å². The molecule has 2 aromatic rings. The van der Waals surface area contributed by atoms with Gasteiger partial charge in [0.1, 0.15) is 0 Å². The number of aromatic nitrogens is 2. The standard InChI is InChI=1S/C13H15Cl2N3/c1-3-12-9(8-18(2)17-12)7-16-13-10(14)5-4-6-11(13)15/h4-6,8,16H,3,7H2,1-2H3. The Kier molecular flexibility index (Phi) is 4.15. The Morgan fingerprint density at radius 3 is 2.56 bits per heavy atom. The van der Waals surface area contributed by atoms with E-state index in [9.17, 15) is 0 Å². The molecule has 1 aromatic carbocycles. The minimum atomic E-state index is 0.629.